The molecular weight excluding hydrogens is 188 g/mol. The first-order chi connectivity index (χ1) is 7.06. The Hall–Kier alpha value is -0.120. The van der Waals surface area contributed by atoms with Gasteiger partial charge in [-0.2, -0.15) is 0 Å². The van der Waals surface area contributed by atoms with E-state index < -0.39 is 0 Å². The van der Waals surface area contributed by atoms with Gasteiger partial charge in [0.2, 0.25) is 0 Å². The summed E-state index contributed by atoms with van der Waals surface area (Å²) in [6.45, 7) is 14.0. The highest BCUT2D eigenvalue weighted by Gasteiger charge is 2.29. The Bertz CT molecular complexity index is 182. The molecule has 3 heteroatoms. The van der Waals surface area contributed by atoms with Gasteiger partial charge in [-0.3, -0.25) is 4.90 Å². The molecule has 1 rings (SSSR count). The average molecular weight is 214 g/mol. The van der Waals surface area contributed by atoms with Crippen LogP contribution in [0.25, 0.3) is 0 Å². The van der Waals surface area contributed by atoms with E-state index >= 15 is 0 Å². The van der Waals surface area contributed by atoms with E-state index in [4.69, 9.17) is 4.74 Å². The summed E-state index contributed by atoms with van der Waals surface area (Å²) in [7, 11) is 0. The highest BCUT2D eigenvalue weighted by molar-refractivity contribution is 4.84. The third kappa shape index (κ3) is 4.09. The molecule has 1 heterocycles. The van der Waals surface area contributed by atoms with Crippen molar-refractivity contribution in [3.63, 3.8) is 0 Å². The van der Waals surface area contributed by atoms with Crippen molar-refractivity contribution in [2.24, 2.45) is 0 Å². The summed E-state index contributed by atoms with van der Waals surface area (Å²) >= 11 is 0. The van der Waals surface area contributed by atoms with Gasteiger partial charge >= 0.3 is 0 Å². The van der Waals surface area contributed by atoms with Crippen LogP contribution in [0.4, 0.5) is 0 Å². The SMILES string of the molecule is CCNC(C)CCN1CCOCC1(C)C. The van der Waals surface area contributed by atoms with Crippen LogP contribution < -0.4 is 5.32 Å². The maximum atomic E-state index is 5.51. The summed E-state index contributed by atoms with van der Waals surface area (Å²) in [4.78, 5) is 2.55. The van der Waals surface area contributed by atoms with Crippen LogP contribution in [0.1, 0.15) is 34.1 Å². The lowest BCUT2D eigenvalue weighted by Crippen LogP contribution is -2.53. The van der Waals surface area contributed by atoms with E-state index in [1.807, 2.05) is 0 Å². The number of nitrogens with one attached hydrogen (secondary N) is 1. The van der Waals surface area contributed by atoms with Crippen molar-refractivity contribution in [2.45, 2.75) is 45.7 Å². The largest absolute Gasteiger partial charge is 0.378 e. The van der Waals surface area contributed by atoms with Gasteiger partial charge in [-0.15, -0.1) is 0 Å². The normalized spacial score (nSPS) is 24.0. The van der Waals surface area contributed by atoms with Crippen LogP contribution in [0.15, 0.2) is 0 Å². The summed E-state index contributed by atoms with van der Waals surface area (Å²) in [5.74, 6) is 0. The van der Waals surface area contributed by atoms with Crippen molar-refractivity contribution in [2.75, 3.05) is 32.8 Å². The molecule has 0 radical (unpaired) electrons. The molecule has 1 atom stereocenters. The second kappa shape index (κ2) is 5.83. The molecule has 1 saturated heterocycles. The molecule has 0 amide bonds. The predicted octanol–water partition coefficient (Wildman–Crippen LogP) is 1.49. The standard InChI is InChI=1S/C12H26N2O/c1-5-13-11(2)6-7-14-8-9-15-10-12(14,3)4/h11,13H,5-10H2,1-4H3. The van der Waals surface area contributed by atoms with Gasteiger partial charge in [0.05, 0.1) is 13.2 Å². The molecule has 1 aliphatic rings. The molecule has 3 nitrogen and oxygen atoms in total. The zero-order valence-corrected chi connectivity index (χ0v) is 10.7. The summed E-state index contributed by atoms with van der Waals surface area (Å²) in [5.41, 5.74) is 0.212. The van der Waals surface area contributed by atoms with E-state index in [-0.39, 0.29) is 5.54 Å². The predicted molar refractivity (Wildman–Crippen MR) is 64.2 cm³/mol. The van der Waals surface area contributed by atoms with E-state index in [0.29, 0.717) is 6.04 Å². The second-order valence-electron chi connectivity index (χ2n) is 5.10. The van der Waals surface area contributed by atoms with Gasteiger partial charge in [0.25, 0.3) is 0 Å². The number of morpholine rings is 1. The first kappa shape index (κ1) is 12.9. The van der Waals surface area contributed by atoms with Gasteiger partial charge in [-0.05, 0) is 33.7 Å². The third-order valence-corrected chi connectivity index (χ3v) is 3.20. The number of nitrogens with zero attached hydrogens (tertiary/aromatic N) is 1. The fraction of sp³-hybridized carbons (Fsp3) is 1.00. The van der Waals surface area contributed by atoms with Crippen LogP contribution in [-0.2, 0) is 4.74 Å². The Morgan fingerprint density at radius 2 is 2.20 bits per heavy atom. The molecule has 1 N–H and O–H groups in total. The molecule has 0 aromatic carbocycles. The number of rotatable bonds is 5. The van der Waals surface area contributed by atoms with Crippen molar-refractivity contribution in [3.8, 4) is 0 Å². The number of hydrogen-bond acceptors (Lipinski definition) is 3. The van der Waals surface area contributed by atoms with Gasteiger partial charge < -0.3 is 10.1 Å². The van der Waals surface area contributed by atoms with E-state index in [2.05, 4.69) is 37.9 Å². The summed E-state index contributed by atoms with van der Waals surface area (Å²) in [6.07, 6.45) is 1.22. The Morgan fingerprint density at radius 3 is 2.80 bits per heavy atom. The van der Waals surface area contributed by atoms with Crippen molar-refractivity contribution < 1.29 is 4.74 Å². The second-order valence-corrected chi connectivity index (χ2v) is 5.10. The molecule has 0 aromatic heterocycles. The summed E-state index contributed by atoms with van der Waals surface area (Å²) < 4.78 is 5.51. The van der Waals surface area contributed by atoms with Crippen LogP contribution in [-0.4, -0.2) is 49.3 Å². The lowest BCUT2D eigenvalue weighted by Gasteiger charge is -2.42. The van der Waals surface area contributed by atoms with Gasteiger partial charge in [-0.1, -0.05) is 6.92 Å². The van der Waals surface area contributed by atoms with Crippen LogP contribution in [0, 0.1) is 0 Å². The van der Waals surface area contributed by atoms with E-state index in [1.54, 1.807) is 0 Å². The lowest BCUT2D eigenvalue weighted by atomic mass is 10.0. The third-order valence-electron chi connectivity index (χ3n) is 3.20. The van der Waals surface area contributed by atoms with Crippen molar-refractivity contribution in [3.05, 3.63) is 0 Å². The van der Waals surface area contributed by atoms with Crippen LogP contribution in [0.5, 0.6) is 0 Å². The summed E-state index contributed by atoms with van der Waals surface area (Å²) in [5, 5.41) is 3.45. The molecule has 1 aliphatic heterocycles. The molecule has 15 heavy (non-hydrogen) atoms. The van der Waals surface area contributed by atoms with Crippen molar-refractivity contribution >= 4 is 0 Å². The van der Waals surface area contributed by atoms with Crippen LogP contribution in [0.3, 0.4) is 0 Å². The first-order valence-corrected chi connectivity index (χ1v) is 6.12. The van der Waals surface area contributed by atoms with Gasteiger partial charge in [-0.25, -0.2) is 0 Å². The Morgan fingerprint density at radius 1 is 1.47 bits per heavy atom. The zero-order chi connectivity index (χ0) is 11.3. The van der Waals surface area contributed by atoms with E-state index in [9.17, 15) is 0 Å². The fourth-order valence-electron chi connectivity index (χ4n) is 2.11. The minimum absolute atomic E-state index is 0.212. The first-order valence-electron chi connectivity index (χ1n) is 6.12. The quantitative estimate of drug-likeness (QED) is 0.750. The maximum Gasteiger partial charge on any atom is 0.0645 e. The number of ether oxygens (including phenoxy) is 1. The molecular formula is C12H26N2O. The molecule has 1 unspecified atom stereocenters. The van der Waals surface area contributed by atoms with Gasteiger partial charge in [0, 0.05) is 24.7 Å². The monoisotopic (exact) mass is 214 g/mol. The Balaban J connectivity index is 2.30. The van der Waals surface area contributed by atoms with E-state index in [1.165, 1.54) is 13.0 Å². The topological polar surface area (TPSA) is 24.5 Å². The summed E-state index contributed by atoms with van der Waals surface area (Å²) in [6, 6.07) is 0.619. The molecule has 0 bridgehead atoms. The minimum atomic E-state index is 0.212. The Kier molecular flexibility index (Phi) is 5.03. The molecule has 0 aliphatic carbocycles. The maximum absolute atomic E-state index is 5.51. The van der Waals surface area contributed by atoms with E-state index in [0.717, 1.165) is 26.3 Å². The highest BCUT2D eigenvalue weighted by atomic mass is 16.5. The van der Waals surface area contributed by atoms with Crippen LogP contribution >= 0.6 is 0 Å². The average Bonchev–Trinajstić information content (AvgIpc) is 2.16. The Labute approximate surface area is 94.2 Å². The highest BCUT2D eigenvalue weighted by Crippen LogP contribution is 2.19. The molecule has 90 valence electrons. The number of hydrogen-bond donors (Lipinski definition) is 1. The minimum Gasteiger partial charge on any atom is -0.378 e. The van der Waals surface area contributed by atoms with Crippen LogP contribution in [0.2, 0.25) is 0 Å². The molecule has 0 spiro atoms. The smallest absolute Gasteiger partial charge is 0.0645 e. The fourth-order valence-corrected chi connectivity index (χ4v) is 2.11. The molecule has 0 saturated carbocycles. The van der Waals surface area contributed by atoms with Gasteiger partial charge in [0.15, 0.2) is 0 Å². The van der Waals surface area contributed by atoms with Crippen molar-refractivity contribution in [1.29, 1.82) is 0 Å². The molecule has 0 aromatic rings. The zero-order valence-electron chi connectivity index (χ0n) is 10.7. The molecule has 1 fully saturated rings. The lowest BCUT2D eigenvalue weighted by molar-refractivity contribution is -0.0518. The van der Waals surface area contributed by atoms with Crippen molar-refractivity contribution in [1.82, 2.24) is 10.2 Å². The van der Waals surface area contributed by atoms with Gasteiger partial charge in [0.1, 0.15) is 0 Å².